The molecule has 0 aromatic heterocycles. The van der Waals surface area contributed by atoms with Crippen LogP contribution in [0.3, 0.4) is 0 Å². The van der Waals surface area contributed by atoms with Gasteiger partial charge in [-0.05, 0) is 44.2 Å². The average Bonchev–Trinajstić information content (AvgIpc) is 2.91. The van der Waals surface area contributed by atoms with Crippen LogP contribution in [0.15, 0.2) is 60.7 Å². The molecule has 0 aliphatic rings. The average molecular weight is 512 g/mol. The third kappa shape index (κ3) is 12.1. The fourth-order valence-electron chi connectivity index (χ4n) is 3.55. The summed E-state index contributed by atoms with van der Waals surface area (Å²) in [6.45, 7) is 4.37. The van der Waals surface area contributed by atoms with E-state index in [0.717, 1.165) is 11.1 Å². The van der Waals surface area contributed by atoms with Crippen LogP contribution in [0.25, 0.3) is 0 Å². The smallest absolute Gasteiger partial charge is 0.408 e. The molecule has 0 aliphatic carbocycles. The van der Waals surface area contributed by atoms with Gasteiger partial charge < -0.3 is 25.4 Å². The summed E-state index contributed by atoms with van der Waals surface area (Å²) >= 11 is 0. The van der Waals surface area contributed by atoms with Crippen LogP contribution in [0.1, 0.15) is 63.1 Å². The topological polar surface area (TPSA) is 123 Å². The zero-order chi connectivity index (χ0) is 26.9. The Morgan fingerprint density at radius 3 is 2.19 bits per heavy atom. The van der Waals surface area contributed by atoms with Gasteiger partial charge in [-0.3, -0.25) is 14.4 Å². The van der Waals surface area contributed by atoms with Gasteiger partial charge in [0.05, 0.1) is 19.1 Å². The lowest BCUT2D eigenvalue weighted by Gasteiger charge is -2.21. The third-order valence-electron chi connectivity index (χ3n) is 5.58. The van der Waals surface area contributed by atoms with E-state index in [1.165, 1.54) is 0 Å². The molecule has 0 unspecified atom stereocenters. The van der Waals surface area contributed by atoms with E-state index in [1.54, 1.807) is 6.92 Å². The molecule has 0 heterocycles. The number of hydrogen-bond donors (Lipinski definition) is 3. The second-order valence-corrected chi connectivity index (χ2v) is 8.55. The Hall–Kier alpha value is -3.88. The maximum Gasteiger partial charge on any atom is 0.408 e. The summed E-state index contributed by atoms with van der Waals surface area (Å²) in [5, 5.41) is 8.38. The Labute approximate surface area is 218 Å². The molecule has 3 N–H and O–H groups in total. The van der Waals surface area contributed by atoms with Gasteiger partial charge in [0.15, 0.2) is 0 Å². The Morgan fingerprint density at radius 2 is 1.51 bits per heavy atom. The van der Waals surface area contributed by atoms with Crippen molar-refractivity contribution in [1.29, 1.82) is 0 Å². The van der Waals surface area contributed by atoms with E-state index in [1.807, 2.05) is 67.6 Å². The normalized spacial score (nSPS) is 12.1. The predicted molar refractivity (Wildman–Crippen MR) is 139 cm³/mol. The van der Waals surface area contributed by atoms with Crippen molar-refractivity contribution in [2.75, 3.05) is 13.2 Å². The standard InChI is InChI=1S/C28H37N3O6/c1-3-36-26(33)18-17-25(32)29-19-11-10-16-24(27(34)30-21(2)23-14-8-5-9-15-23)31-28(35)37-20-22-12-6-4-7-13-22/h4-9,12-15,21,24H,3,10-11,16-20H2,1-2H3,(H,29,32)(H,30,34)(H,31,35)/t21-,24-/m0/s1. The van der Waals surface area contributed by atoms with E-state index < -0.39 is 18.1 Å². The molecule has 9 heteroatoms. The van der Waals surface area contributed by atoms with E-state index in [2.05, 4.69) is 16.0 Å². The second kappa shape index (κ2) is 16.7. The van der Waals surface area contributed by atoms with Gasteiger partial charge in [-0.25, -0.2) is 4.79 Å². The fourth-order valence-corrected chi connectivity index (χ4v) is 3.55. The van der Waals surface area contributed by atoms with Crippen LogP contribution in [0.5, 0.6) is 0 Å². The minimum absolute atomic E-state index is 0.0382. The number of hydrogen-bond acceptors (Lipinski definition) is 6. The van der Waals surface area contributed by atoms with Gasteiger partial charge in [-0.1, -0.05) is 60.7 Å². The lowest BCUT2D eigenvalue weighted by atomic mass is 10.1. The highest BCUT2D eigenvalue weighted by molar-refractivity contribution is 5.86. The van der Waals surface area contributed by atoms with Gasteiger partial charge in [0.25, 0.3) is 0 Å². The van der Waals surface area contributed by atoms with E-state index in [9.17, 15) is 19.2 Å². The number of ether oxygens (including phenoxy) is 2. The number of amides is 3. The minimum atomic E-state index is -0.797. The quantitative estimate of drug-likeness (QED) is 0.247. The molecule has 0 aliphatic heterocycles. The van der Waals surface area contributed by atoms with E-state index in [0.29, 0.717) is 25.8 Å². The maximum atomic E-state index is 13.0. The van der Waals surface area contributed by atoms with Crippen LogP contribution in [-0.2, 0) is 30.5 Å². The van der Waals surface area contributed by atoms with E-state index >= 15 is 0 Å². The summed E-state index contributed by atoms with van der Waals surface area (Å²) in [5.41, 5.74) is 1.79. The Morgan fingerprint density at radius 1 is 0.838 bits per heavy atom. The molecule has 0 saturated heterocycles. The zero-order valence-corrected chi connectivity index (χ0v) is 21.5. The molecule has 2 aromatic rings. The summed E-state index contributed by atoms with van der Waals surface area (Å²) < 4.78 is 10.1. The maximum absolute atomic E-state index is 13.0. The van der Waals surface area contributed by atoms with Crippen molar-refractivity contribution < 1.29 is 28.7 Å². The van der Waals surface area contributed by atoms with Crippen LogP contribution in [0, 0.1) is 0 Å². The number of alkyl carbamates (subject to hydrolysis) is 1. The number of esters is 1. The summed E-state index contributed by atoms with van der Waals surface area (Å²) in [6.07, 6.45) is 0.973. The zero-order valence-electron chi connectivity index (χ0n) is 21.5. The highest BCUT2D eigenvalue weighted by Crippen LogP contribution is 2.12. The molecule has 2 atom stereocenters. The summed E-state index contributed by atoms with van der Waals surface area (Å²) in [4.78, 5) is 48.7. The first-order chi connectivity index (χ1) is 17.9. The Kier molecular flexibility index (Phi) is 13.3. The first-order valence-electron chi connectivity index (χ1n) is 12.6. The van der Waals surface area contributed by atoms with Crippen LogP contribution >= 0.6 is 0 Å². The van der Waals surface area contributed by atoms with Crippen molar-refractivity contribution in [2.24, 2.45) is 0 Å². The van der Waals surface area contributed by atoms with Crippen molar-refractivity contribution in [3.05, 3.63) is 71.8 Å². The van der Waals surface area contributed by atoms with Gasteiger partial charge in [0, 0.05) is 13.0 Å². The molecule has 2 rings (SSSR count). The van der Waals surface area contributed by atoms with Crippen LogP contribution in [0.4, 0.5) is 4.79 Å². The Bertz CT molecular complexity index is 984. The Balaban J connectivity index is 1.84. The van der Waals surface area contributed by atoms with Crippen molar-refractivity contribution in [1.82, 2.24) is 16.0 Å². The number of nitrogens with one attached hydrogen (secondary N) is 3. The number of benzene rings is 2. The SMILES string of the molecule is CCOC(=O)CCC(=O)NCCCC[C@H](NC(=O)OCc1ccccc1)C(=O)N[C@@H](C)c1ccccc1. The highest BCUT2D eigenvalue weighted by atomic mass is 16.5. The van der Waals surface area contributed by atoms with E-state index in [4.69, 9.17) is 9.47 Å². The number of rotatable bonds is 15. The molecule has 0 bridgehead atoms. The van der Waals surface area contributed by atoms with Crippen LogP contribution in [-0.4, -0.2) is 43.1 Å². The lowest BCUT2D eigenvalue weighted by Crippen LogP contribution is -2.47. The van der Waals surface area contributed by atoms with Crippen molar-refractivity contribution in [3.8, 4) is 0 Å². The van der Waals surface area contributed by atoms with Crippen molar-refractivity contribution >= 4 is 23.9 Å². The predicted octanol–water partition coefficient (Wildman–Crippen LogP) is 3.79. The molecule has 37 heavy (non-hydrogen) atoms. The largest absolute Gasteiger partial charge is 0.466 e. The van der Waals surface area contributed by atoms with Crippen LogP contribution < -0.4 is 16.0 Å². The molecule has 0 saturated carbocycles. The monoisotopic (exact) mass is 511 g/mol. The molecule has 200 valence electrons. The summed E-state index contributed by atoms with van der Waals surface area (Å²) in [6, 6.07) is 17.8. The molecule has 9 nitrogen and oxygen atoms in total. The second-order valence-electron chi connectivity index (χ2n) is 8.55. The molecule has 2 aromatic carbocycles. The first kappa shape index (κ1) is 29.4. The number of carbonyl (C=O) groups is 4. The van der Waals surface area contributed by atoms with Gasteiger partial charge in [0.2, 0.25) is 11.8 Å². The molecule has 3 amide bonds. The van der Waals surface area contributed by atoms with Gasteiger partial charge in [-0.2, -0.15) is 0 Å². The number of carbonyl (C=O) groups excluding carboxylic acids is 4. The van der Waals surface area contributed by atoms with Gasteiger partial charge in [-0.15, -0.1) is 0 Å². The fraction of sp³-hybridized carbons (Fsp3) is 0.429. The summed E-state index contributed by atoms with van der Waals surface area (Å²) in [5.74, 6) is -0.949. The van der Waals surface area contributed by atoms with Crippen molar-refractivity contribution in [3.63, 3.8) is 0 Å². The molecule has 0 spiro atoms. The van der Waals surface area contributed by atoms with Crippen LogP contribution in [0.2, 0.25) is 0 Å². The van der Waals surface area contributed by atoms with E-state index in [-0.39, 0.29) is 43.9 Å². The third-order valence-corrected chi connectivity index (χ3v) is 5.58. The van der Waals surface area contributed by atoms with Gasteiger partial charge >= 0.3 is 12.1 Å². The lowest BCUT2D eigenvalue weighted by molar-refractivity contribution is -0.144. The highest BCUT2D eigenvalue weighted by Gasteiger charge is 2.23. The van der Waals surface area contributed by atoms with Gasteiger partial charge in [0.1, 0.15) is 12.6 Å². The molecular weight excluding hydrogens is 474 g/mol. The molecule has 0 radical (unpaired) electrons. The molecular formula is C28H37N3O6. The minimum Gasteiger partial charge on any atom is -0.466 e. The summed E-state index contributed by atoms with van der Waals surface area (Å²) in [7, 11) is 0. The molecule has 0 fully saturated rings. The number of unbranched alkanes of at least 4 members (excludes halogenated alkanes) is 1. The first-order valence-corrected chi connectivity index (χ1v) is 12.6. The van der Waals surface area contributed by atoms with Crippen molar-refractivity contribution in [2.45, 2.75) is 64.6 Å².